The van der Waals surface area contributed by atoms with E-state index in [0.717, 1.165) is 12.0 Å². The van der Waals surface area contributed by atoms with Gasteiger partial charge in [0.05, 0.1) is 11.3 Å². The average molecular weight is 289 g/mol. The molecule has 114 valence electrons. The third-order valence-corrected chi connectivity index (χ3v) is 4.52. The van der Waals surface area contributed by atoms with E-state index < -0.39 is 11.4 Å². The van der Waals surface area contributed by atoms with E-state index in [9.17, 15) is 14.7 Å². The molecule has 0 spiro atoms. The van der Waals surface area contributed by atoms with Crippen molar-refractivity contribution in [3.63, 3.8) is 0 Å². The molecule has 1 aliphatic heterocycles. The van der Waals surface area contributed by atoms with Gasteiger partial charge in [0.2, 0.25) is 5.91 Å². The van der Waals surface area contributed by atoms with Gasteiger partial charge in [-0.05, 0) is 25.3 Å². The van der Waals surface area contributed by atoms with Crippen LogP contribution in [0.15, 0.2) is 30.3 Å². The summed E-state index contributed by atoms with van der Waals surface area (Å²) < 4.78 is 0. The molecule has 1 fully saturated rings. The first-order chi connectivity index (χ1) is 10.00. The number of amides is 1. The normalized spacial score (nSPS) is 23.0. The van der Waals surface area contributed by atoms with E-state index in [2.05, 4.69) is 0 Å². The Morgan fingerprint density at radius 3 is 2.57 bits per heavy atom. The van der Waals surface area contributed by atoms with Crippen LogP contribution in [0.5, 0.6) is 0 Å². The second-order valence-corrected chi connectivity index (χ2v) is 5.98. The topological polar surface area (TPSA) is 57.6 Å². The van der Waals surface area contributed by atoms with Crippen molar-refractivity contribution in [2.24, 2.45) is 5.41 Å². The van der Waals surface area contributed by atoms with Gasteiger partial charge in [-0.3, -0.25) is 9.59 Å². The van der Waals surface area contributed by atoms with Gasteiger partial charge < -0.3 is 10.0 Å². The van der Waals surface area contributed by atoms with Crippen LogP contribution in [-0.2, 0) is 9.59 Å². The van der Waals surface area contributed by atoms with Crippen LogP contribution in [0.4, 0.5) is 0 Å². The minimum Gasteiger partial charge on any atom is -0.481 e. The van der Waals surface area contributed by atoms with Gasteiger partial charge in [0.15, 0.2) is 0 Å². The molecule has 0 saturated carbocycles. The predicted octanol–water partition coefficient (Wildman–Crippen LogP) is 2.89. The summed E-state index contributed by atoms with van der Waals surface area (Å²) in [5, 5.41) is 9.51. The SMILES string of the molecule is CCCC1(C(=O)O)CCN(C(=O)C(C)c2ccccc2)C1. The van der Waals surface area contributed by atoms with E-state index in [0.29, 0.717) is 25.9 Å². The largest absolute Gasteiger partial charge is 0.481 e. The van der Waals surface area contributed by atoms with Crippen molar-refractivity contribution in [2.75, 3.05) is 13.1 Å². The van der Waals surface area contributed by atoms with E-state index in [4.69, 9.17) is 0 Å². The van der Waals surface area contributed by atoms with Crippen molar-refractivity contribution in [1.82, 2.24) is 4.90 Å². The van der Waals surface area contributed by atoms with Crippen LogP contribution in [-0.4, -0.2) is 35.0 Å². The molecule has 2 rings (SSSR count). The number of benzene rings is 1. The van der Waals surface area contributed by atoms with E-state index in [1.54, 1.807) is 4.90 Å². The lowest BCUT2D eigenvalue weighted by atomic mass is 9.83. The van der Waals surface area contributed by atoms with Gasteiger partial charge >= 0.3 is 5.97 Å². The Kier molecular flexibility index (Phi) is 4.66. The number of rotatable bonds is 5. The van der Waals surface area contributed by atoms with Crippen LogP contribution in [0.25, 0.3) is 0 Å². The lowest BCUT2D eigenvalue weighted by molar-refractivity contribution is -0.149. The highest BCUT2D eigenvalue weighted by Gasteiger charge is 2.45. The number of carbonyl (C=O) groups is 2. The molecule has 1 amide bonds. The highest BCUT2D eigenvalue weighted by molar-refractivity contribution is 5.85. The summed E-state index contributed by atoms with van der Waals surface area (Å²) in [6.07, 6.45) is 2.01. The van der Waals surface area contributed by atoms with Crippen molar-refractivity contribution in [1.29, 1.82) is 0 Å². The zero-order chi connectivity index (χ0) is 15.5. The zero-order valence-electron chi connectivity index (χ0n) is 12.7. The number of aliphatic carboxylic acids is 1. The van der Waals surface area contributed by atoms with Crippen LogP contribution in [0.2, 0.25) is 0 Å². The standard InChI is InChI=1S/C17H23NO3/c1-3-9-17(16(20)21)10-11-18(12-17)15(19)13(2)14-7-5-4-6-8-14/h4-8,13H,3,9-12H2,1-2H3,(H,20,21). The van der Waals surface area contributed by atoms with Crippen molar-refractivity contribution in [3.05, 3.63) is 35.9 Å². The highest BCUT2D eigenvalue weighted by atomic mass is 16.4. The quantitative estimate of drug-likeness (QED) is 0.906. The van der Waals surface area contributed by atoms with Gasteiger partial charge in [-0.2, -0.15) is 0 Å². The molecule has 4 heteroatoms. The summed E-state index contributed by atoms with van der Waals surface area (Å²) in [6.45, 7) is 4.76. The van der Waals surface area contributed by atoms with E-state index >= 15 is 0 Å². The fourth-order valence-corrected chi connectivity index (χ4v) is 3.18. The maximum atomic E-state index is 12.6. The first-order valence-corrected chi connectivity index (χ1v) is 7.57. The number of nitrogens with zero attached hydrogens (tertiary/aromatic N) is 1. The Morgan fingerprint density at radius 1 is 1.33 bits per heavy atom. The van der Waals surface area contributed by atoms with Crippen LogP contribution >= 0.6 is 0 Å². The fourth-order valence-electron chi connectivity index (χ4n) is 3.18. The lowest BCUT2D eigenvalue weighted by Gasteiger charge is -2.25. The van der Waals surface area contributed by atoms with E-state index in [1.165, 1.54) is 0 Å². The minimum absolute atomic E-state index is 0.0282. The minimum atomic E-state index is -0.771. The summed E-state index contributed by atoms with van der Waals surface area (Å²) in [7, 11) is 0. The molecule has 4 nitrogen and oxygen atoms in total. The van der Waals surface area contributed by atoms with Gasteiger partial charge in [0, 0.05) is 13.1 Å². The summed E-state index contributed by atoms with van der Waals surface area (Å²) in [5.74, 6) is -0.968. The van der Waals surface area contributed by atoms with Gasteiger partial charge in [-0.15, -0.1) is 0 Å². The number of carboxylic acids is 1. The van der Waals surface area contributed by atoms with Crippen molar-refractivity contribution < 1.29 is 14.7 Å². The molecular formula is C17H23NO3. The Hall–Kier alpha value is -1.84. The van der Waals surface area contributed by atoms with Gasteiger partial charge in [-0.1, -0.05) is 43.7 Å². The monoisotopic (exact) mass is 289 g/mol. The Morgan fingerprint density at radius 2 is 2.00 bits per heavy atom. The summed E-state index contributed by atoms with van der Waals surface area (Å²) >= 11 is 0. The van der Waals surface area contributed by atoms with Gasteiger partial charge in [-0.25, -0.2) is 0 Å². The molecule has 2 atom stereocenters. The average Bonchev–Trinajstić information content (AvgIpc) is 2.93. The van der Waals surface area contributed by atoms with Crippen LogP contribution in [0.3, 0.4) is 0 Å². The molecule has 1 saturated heterocycles. The summed E-state index contributed by atoms with van der Waals surface area (Å²) in [4.78, 5) is 25.9. The number of likely N-dealkylation sites (tertiary alicyclic amines) is 1. The second-order valence-electron chi connectivity index (χ2n) is 5.98. The second kappa shape index (κ2) is 6.29. The molecule has 1 N–H and O–H groups in total. The molecule has 2 unspecified atom stereocenters. The van der Waals surface area contributed by atoms with Crippen molar-refractivity contribution >= 4 is 11.9 Å². The molecule has 0 radical (unpaired) electrons. The molecule has 1 aromatic carbocycles. The molecule has 1 aliphatic rings. The van der Waals surface area contributed by atoms with Crippen LogP contribution in [0, 0.1) is 5.41 Å². The van der Waals surface area contributed by atoms with Gasteiger partial charge in [0.25, 0.3) is 0 Å². The highest BCUT2D eigenvalue weighted by Crippen LogP contribution is 2.36. The number of hydrogen-bond donors (Lipinski definition) is 1. The fraction of sp³-hybridized carbons (Fsp3) is 0.529. The maximum Gasteiger partial charge on any atom is 0.311 e. The maximum absolute atomic E-state index is 12.6. The number of carbonyl (C=O) groups excluding carboxylic acids is 1. The van der Waals surface area contributed by atoms with E-state index in [1.807, 2.05) is 44.2 Å². The Balaban J connectivity index is 2.10. The molecule has 0 aliphatic carbocycles. The smallest absolute Gasteiger partial charge is 0.311 e. The molecule has 21 heavy (non-hydrogen) atoms. The Bertz CT molecular complexity index is 514. The van der Waals surface area contributed by atoms with Crippen LogP contribution < -0.4 is 0 Å². The lowest BCUT2D eigenvalue weighted by Crippen LogP contribution is -2.38. The van der Waals surface area contributed by atoms with Crippen LogP contribution in [0.1, 0.15) is 44.6 Å². The molecule has 1 heterocycles. The third kappa shape index (κ3) is 3.09. The molecular weight excluding hydrogens is 266 g/mol. The first-order valence-electron chi connectivity index (χ1n) is 7.57. The zero-order valence-corrected chi connectivity index (χ0v) is 12.7. The van der Waals surface area contributed by atoms with Gasteiger partial charge in [0.1, 0.15) is 0 Å². The molecule has 0 bridgehead atoms. The molecule has 0 aromatic heterocycles. The Labute approximate surface area is 125 Å². The third-order valence-electron chi connectivity index (χ3n) is 4.52. The summed E-state index contributed by atoms with van der Waals surface area (Å²) in [6, 6.07) is 9.64. The van der Waals surface area contributed by atoms with Crippen molar-refractivity contribution in [3.8, 4) is 0 Å². The first kappa shape index (κ1) is 15.5. The number of carboxylic acid groups (broad SMARTS) is 1. The predicted molar refractivity (Wildman–Crippen MR) is 81.0 cm³/mol. The van der Waals surface area contributed by atoms with E-state index in [-0.39, 0.29) is 11.8 Å². The number of hydrogen-bond acceptors (Lipinski definition) is 2. The van der Waals surface area contributed by atoms with Crippen molar-refractivity contribution in [2.45, 2.75) is 39.0 Å². The molecule has 1 aromatic rings. The summed E-state index contributed by atoms with van der Waals surface area (Å²) in [5.41, 5.74) is 0.228.